The van der Waals surface area contributed by atoms with Crippen LogP contribution in [-0.2, 0) is 6.54 Å². The van der Waals surface area contributed by atoms with Gasteiger partial charge in [0, 0.05) is 36.6 Å². The molecule has 1 aromatic heterocycles. The van der Waals surface area contributed by atoms with Crippen molar-refractivity contribution in [2.45, 2.75) is 25.4 Å². The van der Waals surface area contributed by atoms with Crippen LogP contribution in [0.3, 0.4) is 0 Å². The number of fused-ring (bicyclic) bond motifs is 1. The summed E-state index contributed by atoms with van der Waals surface area (Å²) in [6.45, 7) is 4.20. The minimum Gasteiger partial charge on any atom is -0.312 e. The average Bonchev–Trinajstić information content (AvgIpc) is 2.94. The highest BCUT2D eigenvalue weighted by Gasteiger charge is 2.34. The highest BCUT2D eigenvalue weighted by molar-refractivity contribution is 7.15. The van der Waals surface area contributed by atoms with Crippen LogP contribution < -0.4 is 5.32 Å². The Kier molecular flexibility index (Phi) is 3.32. The smallest absolute Gasteiger partial charge is 0.312 e. The van der Waals surface area contributed by atoms with E-state index in [1.165, 1.54) is 24.2 Å². The molecular weight excluding hydrogens is 250 g/mol. The van der Waals surface area contributed by atoms with Gasteiger partial charge in [0.1, 0.15) is 0 Å². The summed E-state index contributed by atoms with van der Waals surface area (Å²) in [6, 6.07) is 4.13. The van der Waals surface area contributed by atoms with Crippen molar-refractivity contribution >= 4 is 16.3 Å². The molecule has 98 valence electrons. The minimum absolute atomic E-state index is 0.250. The fraction of sp³-hybridized carbons (Fsp3) is 0.667. The van der Waals surface area contributed by atoms with Crippen molar-refractivity contribution in [3.8, 4) is 0 Å². The lowest BCUT2D eigenvalue weighted by atomic mass is 9.94. The Labute approximate surface area is 110 Å². The molecule has 6 heteroatoms. The summed E-state index contributed by atoms with van der Waals surface area (Å²) in [5.74, 6) is 0.772. The van der Waals surface area contributed by atoms with Crippen molar-refractivity contribution < 1.29 is 4.92 Å². The van der Waals surface area contributed by atoms with Gasteiger partial charge < -0.3 is 5.32 Å². The van der Waals surface area contributed by atoms with Crippen molar-refractivity contribution in [3.63, 3.8) is 0 Å². The molecule has 3 heterocycles. The summed E-state index contributed by atoms with van der Waals surface area (Å²) in [7, 11) is 0. The summed E-state index contributed by atoms with van der Waals surface area (Å²) in [6.07, 6.45) is 2.60. The van der Waals surface area contributed by atoms with Gasteiger partial charge >= 0.3 is 5.00 Å². The van der Waals surface area contributed by atoms with E-state index in [1.54, 1.807) is 6.07 Å². The molecule has 0 radical (unpaired) electrons. The van der Waals surface area contributed by atoms with Gasteiger partial charge in [-0.25, -0.2) is 0 Å². The number of piperidine rings is 1. The maximum absolute atomic E-state index is 10.6. The second-order valence-electron chi connectivity index (χ2n) is 5.15. The van der Waals surface area contributed by atoms with E-state index in [2.05, 4.69) is 10.2 Å². The van der Waals surface area contributed by atoms with E-state index in [0.717, 1.165) is 37.0 Å². The lowest BCUT2D eigenvalue weighted by molar-refractivity contribution is -0.380. The molecule has 0 bridgehead atoms. The fourth-order valence-corrected chi connectivity index (χ4v) is 3.90. The van der Waals surface area contributed by atoms with Gasteiger partial charge in [-0.3, -0.25) is 15.0 Å². The molecule has 2 fully saturated rings. The van der Waals surface area contributed by atoms with Crippen LogP contribution in [0, 0.1) is 16.0 Å². The van der Waals surface area contributed by atoms with E-state index in [0.29, 0.717) is 6.04 Å². The molecule has 1 N–H and O–H groups in total. The Bertz CT molecular complexity index is 434. The van der Waals surface area contributed by atoms with Gasteiger partial charge in [0.2, 0.25) is 0 Å². The zero-order chi connectivity index (χ0) is 12.5. The Balaban J connectivity index is 1.61. The van der Waals surface area contributed by atoms with Crippen molar-refractivity contribution in [1.82, 2.24) is 10.2 Å². The average molecular weight is 267 g/mol. The summed E-state index contributed by atoms with van der Waals surface area (Å²) in [5.41, 5.74) is 0. The molecule has 1 aromatic rings. The first kappa shape index (κ1) is 12.1. The predicted molar refractivity (Wildman–Crippen MR) is 70.8 cm³/mol. The normalized spacial score (nSPS) is 28.2. The van der Waals surface area contributed by atoms with E-state index < -0.39 is 0 Å². The molecule has 2 unspecified atom stereocenters. The molecule has 0 aliphatic carbocycles. The predicted octanol–water partition coefficient (Wildman–Crippen LogP) is 1.84. The molecule has 18 heavy (non-hydrogen) atoms. The van der Waals surface area contributed by atoms with E-state index in [4.69, 9.17) is 0 Å². The SMILES string of the molecule is O=[N+]([O-])c1ccc(CN2CC3CCCNC3C2)s1. The number of nitrogens with one attached hydrogen (secondary N) is 1. The number of thiophene rings is 1. The third kappa shape index (κ3) is 2.41. The van der Waals surface area contributed by atoms with Crippen molar-refractivity contribution in [3.05, 3.63) is 27.1 Å². The molecule has 2 atom stereocenters. The lowest BCUT2D eigenvalue weighted by Crippen LogP contribution is -2.40. The number of likely N-dealkylation sites (tertiary alicyclic amines) is 1. The largest absolute Gasteiger partial charge is 0.324 e. The minimum atomic E-state index is -0.306. The second kappa shape index (κ2) is 4.95. The molecule has 2 saturated heterocycles. The molecule has 3 rings (SSSR count). The monoisotopic (exact) mass is 267 g/mol. The Morgan fingerprint density at radius 3 is 3.11 bits per heavy atom. The summed E-state index contributed by atoms with van der Waals surface area (Å²) in [4.78, 5) is 13.9. The third-order valence-electron chi connectivity index (χ3n) is 3.88. The summed E-state index contributed by atoms with van der Waals surface area (Å²) >= 11 is 1.30. The van der Waals surface area contributed by atoms with Crippen molar-refractivity contribution in [2.24, 2.45) is 5.92 Å². The van der Waals surface area contributed by atoms with Gasteiger partial charge in [-0.2, -0.15) is 0 Å². The first-order valence-corrected chi connectivity index (χ1v) is 7.23. The van der Waals surface area contributed by atoms with Crippen LogP contribution in [-0.4, -0.2) is 35.5 Å². The van der Waals surface area contributed by atoms with Crippen molar-refractivity contribution in [2.75, 3.05) is 19.6 Å². The molecule has 2 aliphatic heterocycles. The van der Waals surface area contributed by atoms with Gasteiger partial charge in [0.25, 0.3) is 0 Å². The van der Waals surface area contributed by atoms with Crippen LogP contribution in [0.2, 0.25) is 0 Å². The molecule has 0 aromatic carbocycles. The van der Waals surface area contributed by atoms with Crippen LogP contribution in [0.25, 0.3) is 0 Å². The Morgan fingerprint density at radius 2 is 2.39 bits per heavy atom. The highest BCUT2D eigenvalue weighted by Crippen LogP contribution is 2.29. The van der Waals surface area contributed by atoms with Gasteiger partial charge in [0.05, 0.1) is 4.92 Å². The van der Waals surface area contributed by atoms with E-state index in [9.17, 15) is 10.1 Å². The van der Waals surface area contributed by atoms with Crippen LogP contribution >= 0.6 is 11.3 Å². The zero-order valence-electron chi connectivity index (χ0n) is 10.2. The molecule has 2 aliphatic rings. The zero-order valence-corrected chi connectivity index (χ0v) is 11.0. The third-order valence-corrected chi connectivity index (χ3v) is 4.90. The first-order chi connectivity index (χ1) is 8.72. The fourth-order valence-electron chi connectivity index (χ4n) is 3.04. The lowest BCUT2D eigenvalue weighted by Gasteiger charge is -2.24. The molecular formula is C12H17N3O2S. The summed E-state index contributed by atoms with van der Waals surface area (Å²) < 4.78 is 0. The molecule has 5 nitrogen and oxygen atoms in total. The van der Waals surface area contributed by atoms with Crippen molar-refractivity contribution in [1.29, 1.82) is 0 Å². The summed E-state index contributed by atoms with van der Waals surface area (Å²) in [5, 5.41) is 14.5. The van der Waals surface area contributed by atoms with E-state index in [-0.39, 0.29) is 9.92 Å². The van der Waals surface area contributed by atoms with E-state index >= 15 is 0 Å². The number of hydrogen-bond donors (Lipinski definition) is 1. The standard InChI is InChI=1S/C12H17N3O2S/c16-15(17)12-4-3-10(18-12)7-14-6-9-2-1-5-13-11(9)8-14/h3-4,9,11,13H,1-2,5-8H2. The molecule has 0 amide bonds. The van der Waals surface area contributed by atoms with Crippen LogP contribution in [0.1, 0.15) is 17.7 Å². The van der Waals surface area contributed by atoms with E-state index in [1.807, 2.05) is 6.07 Å². The van der Waals surface area contributed by atoms with Crippen LogP contribution in [0.15, 0.2) is 12.1 Å². The maximum Gasteiger partial charge on any atom is 0.324 e. The van der Waals surface area contributed by atoms with Crippen LogP contribution in [0.5, 0.6) is 0 Å². The van der Waals surface area contributed by atoms with Crippen LogP contribution in [0.4, 0.5) is 5.00 Å². The Morgan fingerprint density at radius 1 is 1.50 bits per heavy atom. The van der Waals surface area contributed by atoms with Gasteiger partial charge in [-0.1, -0.05) is 11.3 Å². The number of nitro groups is 1. The Hall–Kier alpha value is -0.980. The number of rotatable bonds is 3. The quantitative estimate of drug-likeness (QED) is 0.670. The van der Waals surface area contributed by atoms with Gasteiger partial charge in [-0.05, 0) is 31.4 Å². The number of hydrogen-bond acceptors (Lipinski definition) is 5. The van der Waals surface area contributed by atoms with Gasteiger partial charge in [-0.15, -0.1) is 0 Å². The number of nitrogens with zero attached hydrogens (tertiary/aromatic N) is 2. The topological polar surface area (TPSA) is 58.4 Å². The van der Waals surface area contributed by atoms with Gasteiger partial charge in [0.15, 0.2) is 0 Å². The maximum atomic E-state index is 10.6. The molecule has 0 spiro atoms. The second-order valence-corrected chi connectivity index (χ2v) is 6.30. The highest BCUT2D eigenvalue weighted by atomic mass is 32.1. The molecule has 0 saturated carbocycles. The first-order valence-electron chi connectivity index (χ1n) is 6.41.